The monoisotopic (exact) mass is 464 g/mol. The first-order valence-corrected chi connectivity index (χ1v) is 12.2. The highest BCUT2D eigenvalue weighted by Crippen LogP contribution is 2.34. The second-order valence-corrected chi connectivity index (χ2v) is 10.5. The van der Waals surface area contributed by atoms with E-state index in [2.05, 4.69) is 15.0 Å². The molecule has 2 unspecified atom stereocenters. The number of aromatic nitrogens is 4. The number of hydrogen-bond donors (Lipinski definition) is 0. The average molecular weight is 465 g/mol. The molecule has 31 heavy (non-hydrogen) atoms. The molecule has 0 N–H and O–H groups in total. The first-order chi connectivity index (χ1) is 14.6. The summed E-state index contributed by atoms with van der Waals surface area (Å²) in [5.74, 6) is -1.58. The lowest BCUT2D eigenvalue weighted by molar-refractivity contribution is 0.573. The van der Waals surface area contributed by atoms with Crippen LogP contribution in [0, 0.1) is 17.6 Å². The fourth-order valence-corrected chi connectivity index (χ4v) is 5.45. The molecule has 3 aromatic rings. The number of halogens is 2. The zero-order chi connectivity index (χ0) is 22.5. The zero-order valence-electron chi connectivity index (χ0n) is 16.8. The van der Waals surface area contributed by atoms with E-state index in [0.717, 1.165) is 28.0 Å². The SMILES string of the molecule is CC1=CC=C(S(=O)(=O)n2cc(-c3ncc(F)c(S(C)=O)n3)c3cc(F)cnc32)CC1C. The van der Waals surface area contributed by atoms with E-state index in [-0.39, 0.29) is 38.3 Å². The Morgan fingerprint density at radius 1 is 1.19 bits per heavy atom. The highest BCUT2D eigenvalue weighted by Gasteiger charge is 2.28. The van der Waals surface area contributed by atoms with Crippen molar-refractivity contribution in [3.8, 4) is 11.4 Å². The van der Waals surface area contributed by atoms with Gasteiger partial charge in [-0.3, -0.25) is 4.21 Å². The summed E-state index contributed by atoms with van der Waals surface area (Å²) >= 11 is 0. The van der Waals surface area contributed by atoms with E-state index in [0.29, 0.717) is 6.42 Å². The molecule has 1 aliphatic rings. The highest BCUT2D eigenvalue weighted by atomic mass is 32.2. The minimum Gasteiger partial charge on any atom is -0.253 e. The van der Waals surface area contributed by atoms with Gasteiger partial charge >= 0.3 is 0 Å². The van der Waals surface area contributed by atoms with E-state index in [1.807, 2.05) is 13.8 Å². The third-order valence-electron chi connectivity index (χ3n) is 5.21. The van der Waals surface area contributed by atoms with Crippen molar-refractivity contribution in [3.05, 3.63) is 58.9 Å². The molecule has 0 aliphatic heterocycles. The number of hydrogen-bond acceptors (Lipinski definition) is 6. The second kappa shape index (κ2) is 7.72. The maximum absolute atomic E-state index is 14.0. The smallest absolute Gasteiger partial charge is 0.253 e. The fourth-order valence-electron chi connectivity index (χ4n) is 3.34. The Bertz CT molecular complexity index is 1410. The van der Waals surface area contributed by atoms with E-state index in [9.17, 15) is 21.4 Å². The van der Waals surface area contributed by atoms with Crippen molar-refractivity contribution < 1.29 is 21.4 Å². The maximum Gasteiger partial charge on any atom is 0.265 e. The van der Waals surface area contributed by atoms with E-state index in [4.69, 9.17) is 0 Å². The Balaban J connectivity index is 1.96. The van der Waals surface area contributed by atoms with Crippen molar-refractivity contribution in [1.29, 1.82) is 0 Å². The van der Waals surface area contributed by atoms with Crippen LogP contribution in [-0.2, 0) is 20.8 Å². The standard InChI is InChI=1S/C20H18F2N4O3S2/c1-11-4-5-14(6-12(11)2)31(28,29)26-10-16(15-7-13(21)8-24-19(15)26)18-23-9-17(22)20(25-18)30(3)27/h4-5,7-10,12H,6H2,1-3H3. The van der Waals surface area contributed by atoms with Gasteiger partial charge in [-0.2, -0.15) is 0 Å². The first-order valence-electron chi connectivity index (χ1n) is 9.25. The van der Waals surface area contributed by atoms with Crippen LogP contribution in [0.25, 0.3) is 22.4 Å². The molecule has 162 valence electrons. The number of fused-ring (bicyclic) bond motifs is 1. The Labute approximate surface area is 180 Å². The van der Waals surface area contributed by atoms with Crippen LogP contribution >= 0.6 is 0 Å². The average Bonchev–Trinajstić information content (AvgIpc) is 3.09. The van der Waals surface area contributed by atoms with Gasteiger partial charge in [0.1, 0.15) is 5.82 Å². The van der Waals surface area contributed by atoms with Gasteiger partial charge in [0.05, 0.1) is 28.1 Å². The topological polar surface area (TPSA) is 94.8 Å². The lowest BCUT2D eigenvalue weighted by atomic mass is 9.95. The lowest BCUT2D eigenvalue weighted by Crippen LogP contribution is -2.18. The van der Waals surface area contributed by atoms with E-state index < -0.39 is 32.5 Å². The Morgan fingerprint density at radius 3 is 2.61 bits per heavy atom. The molecule has 1 aliphatic carbocycles. The van der Waals surface area contributed by atoms with Crippen molar-refractivity contribution in [2.24, 2.45) is 5.92 Å². The number of allylic oxidation sites excluding steroid dienone is 4. The molecule has 3 heterocycles. The Hall–Kier alpha value is -2.79. The summed E-state index contributed by atoms with van der Waals surface area (Å²) in [6, 6.07) is 1.11. The molecule has 0 saturated heterocycles. The zero-order valence-corrected chi connectivity index (χ0v) is 18.5. The second-order valence-electron chi connectivity index (χ2n) is 7.32. The van der Waals surface area contributed by atoms with E-state index in [1.54, 1.807) is 12.2 Å². The summed E-state index contributed by atoms with van der Waals surface area (Å²) in [6.07, 6.45) is 7.88. The first kappa shape index (κ1) is 21.4. The van der Waals surface area contributed by atoms with Crippen LogP contribution in [0.2, 0.25) is 0 Å². The predicted octanol–water partition coefficient (Wildman–Crippen LogP) is 3.56. The number of nitrogens with zero attached hydrogens (tertiary/aromatic N) is 4. The molecule has 0 saturated carbocycles. The molecule has 0 fully saturated rings. The van der Waals surface area contributed by atoms with Crippen LogP contribution in [0.1, 0.15) is 20.3 Å². The molecule has 0 radical (unpaired) electrons. The maximum atomic E-state index is 14.0. The number of pyridine rings is 1. The normalized spacial score (nSPS) is 18.0. The molecule has 0 amide bonds. The Morgan fingerprint density at radius 2 is 1.94 bits per heavy atom. The minimum absolute atomic E-state index is 0.0108. The van der Waals surface area contributed by atoms with Crippen molar-refractivity contribution >= 4 is 31.9 Å². The molecular formula is C20H18F2N4O3S2. The van der Waals surface area contributed by atoms with Crippen molar-refractivity contribution in [2.45, 2.75) is 25.3 Å². The lowest BCUT2D eigenvalue weighted by Gasteiger charge is -2.19. The molecule has 0 spiro atoms. The molecule has 3 aromatic heterocycles. The van der Waals surface area contributed by atoms with Crippen molar-refractivity contribution in [1.82, 2.24) is 18.9 Å². The van der Waals surface area contributed by atoms with Crippen LogP contribution in [0.15, 0.2) is 52.3 Å². The molecule has 0 aromatic carbocycles. The van der Waals surface area contributed by atoms with Crippen LogP contribution in [0.4, 0.5) is 8.78 Å². The Kier molecular flexibility index (Phi) is 5.34. The largest absolute Gasteiger partial charge is 0.265 e. The van der Waals surface area contributed by atoms with Crippen molar-refractivity contribution in [2.75, 3.05) is 6.26 Å². The third kappa shape index (κ3) is 3.72. The van der Waals surface area contributed by atoms with E-state index in [1.165, 1.54) is 12.5 Å². The minimum atomic E-state index is -4.02. The highest BCUT2D eigenvalue weighted by molar-refractivity contribution is 7.94. The van der Waals surface area contributed by atoms with Crippen molar-refractivity contribution in [3.63, 3.8) is 0 Å². The summed E-state index contributed by atoms with van der Waals surface area (Å²) in [5, 5.41) is -0.193. The van der Waals surface area contributed by atoms with Crippen LogP contribution in [0.3, 0.4) is 0 Å². The summed E-state index contributed by atoms with van der Waals surface area (Å²) in [6.45, 7) is 3.86. The van der Waals surface area contributed by atoms with Gasteiger partial charge in [0.15, 0.2) is 22.3 Å². The van der Waals surface area contributed by atoms with Gasteiger partial charge in [0.2, 0.25) is 0 Å². The summed E-state index contributed by atoms with van der Waals surface area (Å²) in [7, 11) is -5.76. The van der Waals surface area contributed by atoms with Gasteiger partial charge in [0, 0.05) is 23.4 Å². The fraction of sp³-hybridized carbons (Fsp3) is 0.250. The van der Waals surface area contributed by atoms with Gasteiger partial charge < -0.3 is 0 Å². The van der Waals surface area contributed by atoms with E-state index >= 15 is 0 Å². The van der Waals surface area contributed by atoms with Crippen LogP contribution < -0.4 is 0 Å². The van der Waals surface area contributed by atoms with Gasteiger partial charge in [-0.25, -0.2) is 36.1 Å². The van der Waals surface area contributed by atoms with Crippen LogP contribution in [-0.4, -0.2) is 37.8 Å². The van der Waals surface area contributed by atoms with Gasteiger partial charge in [0.25, 0.3) is 10.0 Å². The van der Waals surface area contributed by atoms with Gasteiger partial charge in [-0.15, -0.1) is 0 Å². The van der Waals surface area contributed by atoms with Crippen LogP contribution in [0.5, 0.6) is 0 Å². The molecule has 4 rings (SSSR count). The summed E-state index contributed by atoms with van der Waals surface area (Å²) < 4.78 is 67.4. The molecule has 2 atom stereocenters. The molecule has 7 nitrogen and oxygen atoms in total. The number of rotatable bonds is 4. The summed E-state index contributed by atoms with van der Waals surface area (Å²) in [4.78, 5) is 12.0. The third-order valence-corrected chi connectivity index (χ3v) is 7.80. The molecular weight excluding hydrogens is 446 g/mol. The van der Waals surface area contributed by atoms with Gasteiger partial charge in [-0.05, 0) is 31.4 Å². The predicted molar refractivity (Wildman–Crippen MR) is 113 cm³/mol. The van der Waals surface area contributed by atoms with Gasteiger partial charge in [-0.1, -0.05) is 18.6 Å². The molecule has 11 heteroatoms. The quantitative estimate of drug-likeness (QED) is 0.548. The molecule has 0 bridgehead atoms. The summed E-state index contributed by atoms with van der Waals surface area (Å²) in [5.41, 5.74) is 1.19.